The second kappa shape index (κ2) is 4.21. The van der Waals surface area contributed by atoms with Gasteiger partial charge in [0.05, 0.1) is 17.3 Å². The molecule has 0 saturated heterocycles. The van der Waals surface area contributed by atoms with Crippen molar-refractivity contribution < 1.29 is 4.74 Å². The first-order chi connectivity index (χ1) is 10.9. The average molecular weight is 284 g/mol. The summed E-state index contributed by atoms with van der Waals surface area (Å²) in [6, 6.07) is 4.24. The molecular formula is C19H12N2O. The molecule has 0 bridgehead atoms. The second-order valence-electron chi connectivity index (χ2n) is 5.44. The van der Waals surface area contributed by atoms with E-state index in [0.717, 1.165) is 27.5 Å². The highest BCUT2D eigenvalue weighted by Crippen LogP contribution is 2.22. The van der Waals surface area contributed by atoms with Crippen molar-refractivity contribution in [3.05, 3.63) is 71.2 Å². The molecule has 2 aliphatic rings. The summed E-state index contributed by atoms with van der Waals surface area (Å²) in [4.78, 5) is 4.77. The molecule has 0 saturated carbocycles. The molecule has 3 heteroatoms. The first kappa shape index (κ1) is 11.6. The fourth-order valence-corrected chi connectivity index (χ4v) is 3.00. The molecule has 5 rings (SSSR count). The number of hydrogen-bond donors (Lipinski definition) is 0. The molecule has 0 atom stereocenters. The standard InChI is InChI=1S/C19H12N2O/c1-2-5-13-9-17-19-15(12-21(17)11-14(13)6-3-1)10-18-16(20-19)7-4-8-22-18/h1-12H. The van der Waals surface area contributed by atoms with Gasteiger partial charge in [-0.25, -0.2) is 4.98 Å². The Bertz CT molecular complexity index is 1140. The first-order valence-electron chi connectivity index (χ1n) is 7.23. The molecule has 0 amide bonds. The van der Waals surface area contributed by atoms with E-state index in [2.05, 4.69) is 53.2 Å². The predicted octanol–water partition coefficient (Wildman–Crippen LogP) is 2.54. The Labute approximate surface area is 126 Å². The number of ether oxygens (including phenoxy) is 1. The molecule has 4 heterocycles. The number of aromatic nitrogens is 2. The molecule has 0 aromatic carbocycles. The number of allylic oxidation sites excluding steroid dienone is 4. The quantitative estimate of drug-likeness (QED) is 0.634. The fourth-order valence-electron chi connectivity index (χ4n) is 3.00. The highest BCUT2D eigenvalue weighted by atomic mass is 16.5. The van der Waals surface area contributed by atoms with E-state index in [0.29, 0.717) is 0 Å². The van der Waals surface area contributed by atoms with Gasteiger partial charge in [0.1, 0.15) is 5.35 Å². The van der Waals surface area contributed by atoms with Crippen LogP contribution in [0.15, 0.2) is 55.1 Å². The molecule has 3 aromatic heterocycles. The van der Waals surface area contributed by atoms with Gasteiger partial charge in [-0.15, -0.1) is 0 Å². The fraction of sp³-hybridized carbons (Fsp3) is 0. The van der Waals surface area contributed by atoms with E-state index in [9.17, 15) is 0 Å². The summed E-state index contributed by atoms with van der Waals surface area (Å²) in [5.74, 6) is 0.807. The Hall–Kier alpha value is -3.07. The topological polar surface area (TPSA) is 26.5 Å². The van der Waals surface area contributed by atoms with Crippen molar-refractivity contribution in [3.63, 3.8) is 0 Å². The van der Waals surface area contributed by atoms with Crippen LogP contribution in [0.3, 0.4) is 0 Å². The zero-order chi connectivity index (χ0) is 14.5. The van der Waals surface area contributed by atoms with Gasteiger partial charge in [-0.1, -0.05) is 30.4 Å². The van der Waals surface area contributed by atoms with Crippen LogP contribution in [0.4, 0.5) is 0 Å². The summed E-state index contributed by atoms with van der Waals surface area (Å²) >= 11 is 0. The van der Waals surface area contributed by atoms with Crippen LogP contribution in [-0.2, 0) is 0 Å². The molecule has 1 aliphatic carbocycles. The number of nitrogens with zero attached hydrogens (tertiary/aromatic N) is 2. The van der Waals surface area contributed by atoms with E-state index in [1.54, 1.807) is 6.26 Å². The third-order valence-corrected chi connectivity index (χ3v) is 4.05. The number of hydrogen-bond acceptors (Lipinski definition) is 2. The van der Waals surface area contributed by atoms with Crippen molar-refractivity contribution in [3.8, 4) is 5.75 Å². The van der Waals surface area contributed by atoms with Crippen molar-refractivity contribution in [1.29, 1.82) is 0 Å². The van der Waals surface area contributed by atoms with Crippen LogP contribution < -0.4 is 15.3 Å². The Morgan fingerprint density at radius 3 is 2.95 bits per heavy atom. The lowest BCUT2D eigenvalue weighted by Gasteiger charge is -2.04. The predicted molar refractivity (Wildman–Crippen MR) is 88.8 cm³/mol. The molecule has 104 valence electrons. The van der Waals surface area contributed by atoms with Crippen molar-refractivity contribution >= 4 is 34.6 Å². The lowest BCUT2D eigenvalue weighted by atomic mass is 10.2. The summed E-state index contributed by atoms with van der Waals surface area (Å²) in [6.45, 7) is 0. The minimum Gasteiger partial charge on any atom is -0.463 e. The minimum absolute atomic E-state index is 0.807. The molecule has 0 fully saturated rings. The summed E-state index contributed by atoms with van der Waals surface area (Å²) in [7, 11) is 0. The van der Waals surface area contributed by atoms with Gasteiger partial charge in [-0.05, 0) is 35.1 Å². The van der Waals surface area contributed by atoms with Crippen molar-refractivity contribution in [2.45, 2.75) is 0 Å². The van der Waals surface area contributed by atoms with E-state index in [1.165, 1.54) is 10.8 Å². The summed E-state index contributed by atoms with van der Waals surface area (Å²) < 4.78 is 7.67. The van der Waals surface area contributed by atoms with Gasteiger partial charge in [0.25, 0.3) is 0 Å². The summed E-state index contributed by atoms with van der Waals surface area (Å²) in [6.07, 6.45) is 20.2. The number of fused-ring (bicyclic) bond motifs is 5. The van der Waals surface area contributed by atoms with Crippen molar-refractivity contribution in [1.82, 2.24) is 9.38 Å². The number of rotatable bonds is 0. The van der Waals surface area contributed by atoms with E-state index >= 15 is 0 Å². The van der Waals surface area contributed by atoms with Crippen LogP contribution in [0.1, 0.15) is 5.56 Å². The lowest BCUT2D eigenvalue weighted by Crippen LogP contribution is -2.12. The maximum absolute atomic E-state index is 5.53. The smallest absolute Gasteiger partial charge is 0.152 e. The third kappa shape index (κ3) is 1.59. The minimum atomic E-state index is 0.807. The van der Waals surface area contributed by atoms with Gasteiger partial charge < -0.3 is 9.14 Å². The molecule has 3 nitrogen and oxygen atoms in total. The molecular weight excluding hydrogens is 272 g/mol. The maximum atomic E-state index is 5.53. The van der Waals surface area contributed by atoms with Crippen LogP contribution in [0.25, 0.3) is 34.6 Å². The van der Waals surface area contributed by atoms with Gasteiger partial charge >= 0.3 is 0 Å². The summed E-state index contributed by atoms with van der Waals surface area (Å²) in [5, 5.41) is 3.17. The van der Waals surface area contributed by atoms with Crippen LogP contribution >= 0.6 is 0 Å². The zero-order valence-electron chi connectivity index (χ0n) is 11.7. The van der Waals surface area contributed by atoms with Gasteiger partial charge in [-0.3, -0.25) is 0 Å². The van der Waals surface area contributed by atoms with Crippen molar-refractivity contribution in [2.75, 3.05) is 0 Å². The maximum Gasteiger partial charge on any atom is 0.152 e. The second-order valence-corrected chi connectivity index (χ2v) is 5.44. The zero-order valence-corrected chi connectivity index (χ0v) is 11.7. The van der Waals surface area contributed by atoms with Gasteiger partial charge in [0.15, 0.2) is 5.75 Å². The molecule has 22 heavy (non-hydrogen) atoms. The summed E-state index contributed by atoms with van der Waals surface area (Å²) in [5.41, 5.74) is 3.31. The third-order valence-electron chi connectivity index (χ3n) is 4.05. The van der Waals surface area contributed by atoms with E-state index in [4.69, 9.17) is 9.72 Å². The highest BCUT2D eigenvalue weighted by molar-refractivity contribution is 5.95. The molecule has 1 aliphatic heterocycles. The van der Waals surface area contributed by atoms with Crippen LogP contribution in [-0.4, -0.2) is 9.38 Å². The van der Waals surface area contributed by atoms with E-state index in [-0.39, 0.29) is 0 Å². The Balaban J connectivity index is 1.93. The molecule has 0 spiro atoms. The molecule has 0 unspecified atom stereocenters. The Kier molecular flexibility index (Phi) is 2.22. The van der Waals surface area contributed by atoms with Gasteiger partial charge in [0, 0.05) is 17.8 Å². The van der Waals surface area contributed by atoms with Crippen LogP contribution in [0.5, 0.6) is 5.75 Å². The molecule has 3 aromatic rings. The Morgan fingerprint density at radius 2 is 1.95 bits per heavy atom. The molecule has 0 radical (unpaired) electrons. The highest BCUT2D eigenvalue weighted by Gasteiger charge is 2.10. The van der Waals surface area contributed by atoms with E-state index < -0.39 is 0 Å². The van der Waals surface area contributed by atoms with Gasteiger partial charge in [-0.2, -0.15) is 0 Å². The van der Waals surface area contributed by atoms with Crippen LogP contribution in [0, 0.1) is 0 Å². The average Bonchev–Trinajstić information content (AvgIpc) is 2.72. The van der Waals surface area contributed by atoms with Crippen molar-refractivity contribution in [2.24, 2.45) is 0 Å². The normalized spacial score (nSPS) is 14.9. The number of pyridine rings is 2. The van der Waals surface area contributed by atoms with Crippen LogP contribution in [0.2, 0.25) is 0 Å². The monoisotopic (exact) mass is 284 g/mol. The first-order valence-corrected chi connectivity index (χ1v) is 7.23. The Morgan fingerprint density at radius 1 is 0.955 bits per heavy atom. The largest absolute Gasteiger partial charge is 0.463 e. The van der Waals surface area contributed by atoms with Gasteiger partial charge in [0.2, 0.25) is 0 Å². The SMILES string of the molecule is C1=CC=c2cc3c4nc5c(cc4cn3cc2C=C1)OC=CC=5. The lowest BCUT2D eigenvalue weighted by molar-refractivity contribution is 0.472. The molecule has 0 N–H and O–H groups in total. The van der Waals surface area contributed by atoms with E-state index in [1.807, 2.05) is 18.2 Å².